The molecule has 1 atom stereocenters. The fourth-order valence-corrected chi connectivity index (χ4v) is 5.27. The number of halogens is 2. The van der Waals surface area contributed by atoms with Gasteiger partial charge in [-0.15, -0.1) is 0 Å². The number of fused-ring (bicyclic) bond motifs is 3. The molecule has 26 heavy (non-hydrogen) atoms. The van der Waals surface area contributed by atoms with Gasteiger partial charge in [-0.3, -0.25) is 4.90 Å². The van der Waals surface area contributed by atoms with Gasteiger partial charge in [0, 0.05) is 30.1 Å². The van der Waals surface area contributed by atoms with Crippen molar-refractivity contribution in [2.24, 2.45) is 0 Å². The molecule has 0 bridgehead atoms. The molecular weight excluding hydrogens is 365 g/mol. The molecule has 0 radical (unpaired) electrons. The van der Waals surface area contributed by atoms with Crippen LogP contribution in [0.15, 0.2) is 42.0 Å². The van der Waals surface area contributed by atoms with Crippen LogP contribution in [-0.4, -0.2) is 17.2 Å². The van der Waals surface area contributed by atoms with Crippen molar-refractivity contribution in [1.29, 1.82) is 0 Å². The first-order valence-electron chi connectivity index (χ1n) is 9.37. The van der Waals surface area contributed by atoms with Crippen LogP contribution in [0.5, 0.6) is 5.75 Å². The van der Waals surface area contributed by atoms with E-state index in [9.17, 15) is 0 Å². The maximum Gasteiger partial charge on any atom is 0.186 e. The lowest BCUT2D eigenvalue weighted by Gasteiger charge is -2.51. The van der Waals surface area contributed by atoms with Gasteiger partial charge in [0.25, 0.3) is 0 Å². The Labute approximate surface area is 164 Å². The second-order valence-electron chi connectivity index (χ2n) is 7.51. The zero-order valence-corrected chi connectivity index (χ0v) is 16.1. The van der Waals surface area contributed by atoms with Crippen molar-refractivity contribution in [3.8, 4) is 5.75 Å². The lowest BCUT2D eigenvalue weighted by atomic mass is 9.81. The molecule has 5 rings (SSSR count). The maximum absolute atomic E-state index is 6.73. The molecule has 0 N–H and O–H groups in total. The summed E-state index contributed by atoms with van der Waals surface area (Å²) in [6, 6.07) is 12.5. The minimum Gasteiger partial charge on any atom is -0.466 e. The van der Waals surface area contributed by atoms with Gasteiger partial charge in [0.15, 0.2) is 5.72 Å². The summed E-state index contributed by atoms with van der Waals surface area (Å²) in [5.74, 6) is 0.778. The quantitative estimate of drug-likeness (QED) is 0.587. The van der Waals surface area contributed by atoms with Crippen molar-refractivity contribution in [2.45, 2.75) is 44.4 Å². The minimum atomic E-state index is -0.365. The maximum atomic E-state index is 6.73. The summed E-state index contributed by atoms with van der Waals surface area (Å²) in [5, 5.41) is 1.26. The van der Waals surface area contributed by atoms with E-state index in [2.05, 4.69) is 35.2 Å². The predicted molar refractivity (Wildman–Crippen MR) is 107 cm³/mol. The van der Waals surface area contributed by atoms with Crippen LogP contribution in [0.1, 0.15) is 42.4 Å². The van der Waals surface area contributed by atoms with E-state index < -0.39 is 0 Å². The highest BCUT2D eigenvalue weighted by molar-refractivity contribution is 6.36. The van der Waals surface area contributed by atoms with Crippen LogP contribution in [0.3, 0.4) is 0 Å². The highest BCUT2D eigenvalue weighted by atomic mass is 35.5. The number of hydrogen-bond donors (Lipinski definition) is 0. The van der Waals surface area contributed by atoms with Gasteiger partial charge >= 0.3 is 0 Å². The molecule has 2 aromatic rings. The molecule has 1 aliphatic carbocycles. The Morgan fingerprint density at radius 1 is 1.00 bits per heavy atom. The van der Waals surface area contributed by atoms with Gasteiger partial charge in [-0.2, -0.15) is 0 Å². The molecule has 0 amide bonds. The molecule has 2 aliphatic heterocycles. The first kappa shape index (κ1) is 16.7. The number of rotatable bonds is 1. The molecule has 1 fully saturated rings. The molecule has 2 aromatic carbocycles. The van der Waals surface area contributed by atoms with Crippen molar-refractivity contribution in [2.75, 3.05) is 6.54 Å². The van der Waals surface area contributed by atoms with Crippen LogP contribution in [0, 0.1) is 0 Å². The standard InChI is InChI=1S/C22H21Cl2NO/c23-19-12-17-11-18-7-3-4-9-22(18,26-21(17)20(24)13-19)25-10-8-15-5-1-2-6-16(15)14-25/h1-2,5-6,11-13H,3-4,7-10,14H2. The normalized spacial score (nSPS) is 24.8. The molecule has 2 nitrogen and oxygen atoms in total. The molecule has 134 valence electrons. The number of ether oxygens (including phenoxy) is 1. The Hall–Kier alpha value is -1.48. The molecule has 2 heterocycles. The topological polar surface area (TPSA) is 12.5 Å². The number of nitrogens with zero attached hydrogens (tertiary/aromatic N) is 1. The minimum absolute atomic E-state index is 0.365. The third-order valence-corrected chi connectivity index (χ3v) is 6.49. The molecule has 0 spiro atoms. The van der Waals surface area contributed by atoms with E-state index >= 15 is 0 Å². The van der Waals surface area contributed by atoms with Crippen LogP contribution in [0.4, 0.5) is 0 Å². The van der Waals surface area contributed by atoms with Crippen LogP contribution in [0.2, 0.25) is 10.0 Å². The van der Waals surface area contributed by atoms with E-state index in [4.69, 9.17) is 27.9 Å². The molecule has 1 unspecified atom stereocenters. The Kier molecular flexibility index (Phi) is 4.04. The smallest absolute Gasteiger partial charge is 0.186 e. The highest BCUT2D eigenvalue weighted by Crippen LogP contribution is 2.49. The van der Waals surface area contributed by atoms with E-state index in [0.717, 1.165) is 43.7 Å². The monoisotopic (exact) mass is 385 g/mol. The van der Waals surface area contributed by atoms with E-state index in [1.807, 2.05) is 6.07 Å². The lowest BCUT2D eigenvalue weighted by molar-refractivity contribution is -0.0817. The third-order valence-electron chi connectivity index (χ3n) is 5.99. The summed E-state index contributed by atoms with van der Waals surface area (Å²) in [5.41, 5.74) is 4.88. The van der Waals surface area contributed by atoms with Crippen molar-refractivity contribution < 1.29 is 4.74 Å². The van der Waals surface area contributed by atoms with Gasteiger partial charge in [-0.1, -0.05) is 47.5 Å². The fourth-order valence-electron chi connectivity index (χ4n) is 4.72. The van der Waals surface area contributed by atoms with Gasteiger partial charge in [0.05, 0.1) is 5.02 Å². The predicted octanol–water partition coefficient (Wildman–Crippen LogP) is 6.10. The first-order chi connectivity index (χ1) is 12.7. The molecule has 4 heteroatoms. The average Bonchev–Trinajstić information content (AvgIpc) is 2.66. The highest BCUT2D eigenvalue weighted by Gasteiger charge is 2.47. The van der Waals surface area contributed by atoms with Gasteiger partial charge in [-0.25, -0.2) is 0 Å². The summed E-state index contributed by atoms with van der Waals surface area (Å²) in [7, 11) is 0. The lowest BCUT2D eigenvalue weighted by Crippen LogP contribution is -2.58. The SMILES string of the molecule is Clc1cc(Cl)c2c(c1)C=C1CCCCC1(N1CCc3ccccc3C1)O2. The fraction of sp³-hybridized carbons (Fsp3) is 0.364. The van der Waals surface area contributed by atoms with E-state index in [1.165, 1.54) is 29.5 Å². The molecule has 0 saturated heterocycles. The van der Waals surface area contributed by atoms with Crippen molar-refractivity contribution in [3.63, 3.8) is 0 Å². The van der Waals surface area contributed by atoms with Crippen LogP contribution < -0.4 is 4.74 Å². The van der Waals surface area contributed by atoms with Crippen LogP contribution in [-0.2, 0) is 13.0 Å². The summed E-state index contributed by atoms with van der Waals surface area (Å²) < 4.78 is 6.73. The summed E-state index contributed by atoms with van der Waals surface area (Å²) in [6.07, 6.45) is 7.81. The van der Waals surface area contributed by atoms with Crippen LogP contribution in [0.25, 0.3) is 6.08 Å². The second kappa shape index (κ2) is 6.30. The molecule has 1 saturated carbocycles. The van der Waals surface area contributed by atoms with E-state index in [-0.39, 0.29) is 5.72 Å². The molecule has 3 aliphatic rings. The Balaban J connectivity index is 1.59. The number of benzene rings is 2. The average molecular weight is 386 g/mol. The summed E-state index contributed by atoms with van der Waals surface area (Å²) in [6.45, 7) is 1.93. The first-order valence-corrected chi connectivity index (χ1v) is 10.1. The molecular formula is C22H21Cl2NO. The zero-order valence-electron chi connectivity index (χ0n) is 14.6. The summed E-state index contributed by atoms with van der Waals surface area (Å²) in [4.78, 5) is 2.52. The van der Waals surface area contributed by atoms with E-state index in [0.29, 0.717) is 10.0 Å². The van der Waals surface area contributed by atoms with E-state index in [1.54, 1.807) is 6.07 Å². The van der Waals surface area contributed by atoms with Gasteiger partial charge in [0.1, 0.15) is 5.75 Å². The van der Waals surface area contributed by atoms with Crippen molar-refractivity contribution in [3.05, 3.63) is 68.7 Å². The van der Waals surface area contributed by atoms with Gasteiger partial charge < -0.3 is 4.74 Å². The third kappa shape index (κ3) is 2.58. The van der Waals surface area contributed by atoms with Crippen molar-refractivity contribution in [1.82, 2.24) is 4.90 Å². The van der Waals surface area contributed by atoms with Gasteiger partial charge in [0.2, 0.25) is 0 Å². The van der Waals surface area contributed by atoms with Crippen molar-refractivity contribution >= 4 is 29.3 Å². The summed E-state index contributed by atoms with van der Waals surface area (Å²) >= 11 is 12.7. The number of hydrogen-bond acceptors (Lipinski definition) is 2. The van der Waals surface area contributed by atoms with Gasteiger partial charge in [-0.05, 0) is 60.6 Å². The Morgan fingerprint density at radius 2 is 1.85 bits per heavy atom. The van der Waals surface area contributed by atoms with Crippen LogP contribution >= 0.6 is 23.2 Å². The molecule has 0 aromatic heterocycles. The largest absolute Gasteiger partial charge is 0.466 e. The Bertz CT molecular complexity index is 907. The second-order valence-corrected chi connectivity index (χ2v) is 8.35. The zero-order chi connectivity index (χ0) is 17.7. The Morgan fingerprint density at radius 3 is 2.73 bits per heavy atom.